The number of nitrogens with zero attached hydrogens (tertiary/aromatic N) is 1. The Morgan fingerprint density at radius 2 is 1.86 bits per heavy atom. The molecule has 192 valence electrons. The van der Waals surface area contributed by atoms with Crippen molar-refractivity contribution >= 4 is 35.4 Å². The van der Waals surface area contributed by atoms with E-state index in [4.69, 9.17) is 14.9 Å². The molecule has 0 spiro atoms. The van der Waals surface area contributed by atoms with Gasteiger partial charge >= 0.3 is 12.1 Å². The van der Waals surface area contributed by atoms with Gasteiger partial charge in [0.1, 0.15) is 0 Å². The first kappa shape index (κ1) is 27.8. The molecule has 0 saturated carbocycles. The molecule has 2 rings (SSSR count). The first-order valence-corrected chi connectivity index (χ1v) is 11.3. The number of ether oxygens (including phenoxy) is 2. The Hall–Kier alpha value is -4.41. The minimum Gasteiger partial charge on any atom is -0.425 e. The highest BCUT2D eigenvalue weighted by Gasteiger charge is 2.29. The number of anilines is 1. The second-order valence-corrected chi connectivity index (χ2v) is 7.71. The normalized spacial score (nSPS) is 10.6. The monoisotopic (exact) mass is 497 g/mol. The van der Waals surface area contributed by atoms with Gasteiger partial charge in [0, 0.05) is 31.4 Å². The lowest BCUT2D eigenvalue weighted by molar-refractivity contribution is -0.145. The van der Waals surface area contributed by atoms with Crippen molar-refractivity contribution in [2.24, 2.45) is 0 Å². The van der Waals surface area contributed by atoms with Crippen molar-refractivity contribution in [2.75, 3.05) is 25.3 Å². The molecule has 4 N–H and O–H groups in total. The van der Waals surface area contributed by atoms with E-state index in [2.05, 4.69) is 15.6 Å². The Kier molecular flexibility index (Phi) is 9.96. The van der Waals surface area contributed by atoms with Crippen LogP contribution in [0, 0.1) is 19.3 Å². The highest BCUT2D eigenvalue weighted by Crippen LogP contribution is 2.26. The molecule has 1 aromatic heterocycles. The summed E-state index contributed by atoms with van der Waals surface area (Å²) in [6.45, 7) is 6.72. The summed E-state index contributed by atoms with van der Waals surface area (Å²) in [4.78, 5) is 53.3. The minimum atomic E-state index is -1.02. The highest BCUT2D eigenvalue weighted by molar-refractivity contribution is 6.21. The number of hydrogen-bond acceptors (Lipinski definition) is 7. The lowest BCUT2D eigenvalue weighted by atomic mass is 10.1. The van der Waals surface area contributed by atoms with E-state index in [0.29, 0.717) is 23.2 Å². The number of carbonyl (C=O) groups is 4. The number of nitrogens with one attached hydrogen (secondary N) is 4. The largest absolute Gasteiger partial charge is 0.425 e. The summed E-state index contributed by atoms with van der Waals surface area (Å²) in [5.74, 6) is -1.73. The number of esters is 1. The van der Waals surface area contributed by atoms with Crippen molar-refractivity contribution in [3.05, 3.63) is 64.5 Å². The second-order valence-electron chi connectivity index (χ2n) is 7.71. The van der Waals surface area contributed by atoms with Gasteiger partial charge < -0.3 is 25.1 Å². The molecule has 0 aliphatic carbocycles. The molecule has 0 aliphatic heterocycles. The maximum atomic E-state index is 13.2. The van der Waals surface area contributed by atoms with E-state index in [0.717, 1.165) is 17.4 Å². The smallest absolute Gasteiger partial charge is 0.423 e. The van der Waals surface area contributed by atoms with Gasteiger partial charge in [0.25, 0.3) is 11.8 Å². The van der Waals surface area contributed by atoms with Crippen molar-refractivity contribution in [1.29, 1.82) is 5.41 Å². The predicted octanol–water partition coefficient (Wildman–Crippen LogP) is 3.18. The average Bonchev–Trinajstić information content (AvgIpc) is 3.24. The van der Waals surface area contributed by atoms with Crippen molar-refractivity contribution in [3.8, 4) is 0 Å². The van der Waals surface area contributed by atoms with E-state index < -0.39 is 18.9 Å². The number of carbonyl (C=O) groups excluding carboxylic acids is 4. The number of rotatable bonds is 9. The Bertz CT molecular complexity index is 1180. The quantitative estimate of drug-likeness (QED) is 0.137. The van der Waals surface area contributed by atoms with Gasteiger partial charge in [0.05, 0.1) is 16.9 Å². The topological polar surface area (TPSA) is 154 Å². The van der Waals surface area contributed by atoms with E-state index in [9.17, 15) is 19.2 Å². The minimum absolute atomic E-state index is 0.198. The summed E-state index contributed by atoms with van der Waals surface area (Å²) in [5, 5.41) is 14.1. The Morgan fingerprint density at radius 1 is 1.14 bits per heavy atom. The number of aromatic amines is 1. The molecule has 11 heteroatoms. The van der Waals surface area contributed by atoms with E-state index in [1.807, 2.05) is 6.92 Å². The van der Waals surface area contributed by atoms with Crippen LogP contribution in [-0.4, -0.2) is 55.1 Å². The van der Waals surface area contributed by atoms with Crippen LogP contribution in [0.5, 0.6) is 0 Å². The van der Waals surface area contributed by atoms with Crippen LogP contribution in [0.2, 0.25) is 0 Å². The molecule has 0 radical (unpaired) electrons. The third kappa shape index (κ3) is 6.59. The molecular formula is C25H31N5O6. The lowest BCUT2D eigenvalue weighted by Gasteiger charge is -2.24. The van der Waals surface area contributed by atoms with Crippen LogP contribution >= 0.6 is 0 Å². The molecule has 1 heterocycles. The first-order chi connectivity index (χ1) is 17.2. The molecule has 0 unspecified atom stereocenters. The Balaban J connectivity index is 2.48. The highest BCUT2D eigenvalue weighted by atomic mass is 16.7. The SMILES string of the molecule is C/C=C/C(=O)OCOC(=O)N(C(=N)c1[nH]cc(C(=O)NCCC)c1C)c1cc(C(=O)NC)ccc1C. The van der Waals surface area contributed by atoms with Gasteiger partial charge in [0.15, 0.2) is 5.84 Å². The number of aryl methyl sites for hydroxylation is 1. The number of allylic oxidation sites excluding steroid dienone is 1. The maximum absolute atomic E-state index is 13.2. The molecule has 0 fully saturated rings. The van der Waals surface area contributed by atoms with Crippen LogP contribution < -0.4 is 15.5 Å². The Morgan fingerprint density at radius 3 is 2.50 bits per heavy atom. The van der Waals surface area contributed by atoms with Gasteiger partial charge in [-0.25, -0.2) is 14.5 Å². The first-order valence-electron chi connectivity index (χ1n) is 11.3. The van der Waals surface area contributed by atoms with E-state index in [1.54, 1.807) is 32.9 Å². The standard InChI is InChI=1S/C25H31N5O6/c1-6-8-20(31)35-14-36-25(34)30(19-12-17(23(32)27-5)10-9-15(19)3)22(26)21-16(4)18(13-29-21)24(33)28-11-7-2/h6,8-10,12-13,26,29H,7,11,14H2,1-5H3,(H,27,32)(H,28,33)/b8-6+,26-22?. The molecule has 2 aromatic rings. The molecule has 0 aliphatic rings. The van der Waals surface area contributed by atoms with Gasteiger partial charge in [-0.2, -0.15) is 0 Å². The third-order valence-corrected chi connectivity index (χ3v) is 5.19. The van der Waals surface area contributed by atoms with Crippen molar-refractivity contribution in [1.82, 2.24) is 15.6 Å². The van der Waals surface area contributed by atoms with Crippen molar-refractivity contribution in [2.45, 2.75) is 34.1 Å². The van der Waals surface area contributed by atoms with Gasteiger partial charge in [-0.05, 0) is 50.5 Å². The summed E-state index contributed by atoms with van der Waals surface area (Å²) in [6.07, 6.45) is 3.84. The fraction of sp³-hybridized carbons (Fsp3) is 0.320. The molecule has 3 amide bonds. The summed E-state index contributed by atoms with van der Waals surface area (Å²) >= 11 is 0. The summed E-state index contributed by atoms with van der Waals surface area (Å²) in [5.41, 5.74) is 2.01. The summed E-state index contributed by atoms with van der Waals surface area (Å²) in [7, 11) is 1.47. The number of aromatic nitrogens is 1. The molecule has 0 bridgehead atoms. The number of benzene rings is 1. The summed E-state index contributed by atoms with van der Waals surface area (Å²) in [6, 6.07) is 4.66. The van der Waals surface area contributed by atoms with Gasteiger partial charge in [-0.3, -0.25) is 15.0 Å². The third-order valence-electron chi connectivity index (χ3n) is 5.19. The second kappa shape index (κ2) is 12.9. The zero-order valence-corrected chi connectivity index (χ0v) is 21.0. The van der Waals surface area contributed by atoms with Crippen molar-refractivity contribution < 1.29 is 28.7 Å². The van der Waals surface area contributed by atoms with Crippen LogP contribution in [0.1, 0.15) is 57.8 Å². The fourth-order valence-electron chi connectivity index (χ4n) is 3.26. The zero-order valence-electron chi connectivity index (χ0n) is 21.0. The van der Waals surface area contributed by atoms with Crippen LogP contribution in [0.4, 0.5) is 10.5 Å². The number of amidine groups is 1. The van der Waals surface area contributed by atoms with Crippen LogP contribution in [-0.2, 0) is 14.3 Å². The van der Waals surface area contributed by atoms with Crippen LogP contribution in [0.15, 0.2) is 36.5 Å². The van der Waals surface area contributed by atoms with E-state index >= 15 is 0 Å². The lowest BCUT2D eigenvalue weighted by Crippen LogP contribution is -2.39. The number of hydrogen-bond donors (Lipinski definition) is 4. The van der Waals surface area contributed by atoms with Crippen LogP contribution in [0.25, 0.3) is 0 Å². The zero-order chi connectivity index (χ0) is 26.8. The fourth-order valence-corrected chi connectivity index (χ4v) is 3.26. The molecule has 11 nitrogen and oxygen atoms in total. The number of amides is 3. The summed E-state index contributed by atoms with van der Waals surface area (Å²) < 4.78 is 9.96. The number of H-pyrrole nitrogens is 1. The van der Waals surface area contributed by atoms with Gasteiger partial charge in [-0.15, -0.1) is 0 Å². The molecular weight excluding hydrogens is 466 g/mol. The van der Waals surface area contributed by atoms with Crippen molar-refractivity contribution in [3.63, 3.8) is 0 Å². The van der Waals surface area contributed by atoms with Gasteiger partial charge in [-0.1, -0.05) is 19.1 Å². The van der Waals surface area contributed by atoms with Crippen LogP contribution in [0.3, 0.4) is 0 Å². The van der Waals surface area contributed by atoms with Gasteiger partial charge in [0.2, 0.25) is 6.79 Å². The molecule has 1 aromatic carbocycles. The molecule has 0 saturated heterocycles. The Labute approximate surface area is 209 Å². The van der Waals surface area contributed by atoms with E-state index in [1.165, 1.54) is 25.4 Å². The molecule has 0 atom stereocenters. The van der Waals surface area contributed by atoms with E-state index in [-0.39, 0.29) is 34.6 Å². The predicted molar refractivity (Wildman–Crippen MR) is 134 cm³/mol. The average molecular weight is 498 g/mol. The molecule has 36 heavy (non-hydrogen) atoms. The maximum Gasteiger partial charge on any atom is 0.423 e.